The summed E-state index contributed by atoms with van der Waals surface area (Å²) in [6.07, 6.45) is 1.68. The maximum atomic E-state index is 13.2. The van der Waals surface area contributed by atoms with Gasteiger partial charge in [-0.15, -0.1) is 0 Å². The minimum Gasteiger partial charge on any atom is -0.495 e. The number of methoxy groups -OCH3 is 2. The van der Waals surface area contributed by atoms with Crippen LogP contribution in [0.25, 0.3) is 6.08 Å². The zero-order valence-electron chi connectivity index (χ0n) is 15.2. The first-order valence-electron chi connectivity index (χ1n) is 8.22. The first kappa shape index (κ1) is 18.7. The molecule has 0 bridgehead atoms. The Bertz CT molecular complexity index is 963. The summed E-state index contributed by atoms with van der Waals surface area (Å²) in [5, 5.41) is 0.371. The number of anilines is 1. The standard InChI is InChI=1S/C21H18ClNO4/c1-13-19(21(25)27-3)16(11-14-7-5-4-6-8-14)20(24)23(13)15-9-10-18(26-2)17(22)12-15/h4-12H,1-3H3/b16-11-. The van der Waals surface area contributed by atoms with Gasteiger partial charge in [0.1, 0.15) is 5.75 Å². The summed E-state index contributed by atoms with van der Waals surface area (Å²) in [6, 6.07) is 14.3. The van der Waals surface area contributed by atoms with Crippen molar-refractivity contribution in [3.05, 3.63) is 76.0 Å². The molecule has 1 aliphatic rings. The van der Waals surface area contributed by atoms with Crippen LogP contribution in [-0.2, 0) is 14.3 Å². The Morgan fingerprint density at radius 3 is 2.41 bits per heavy atom. The predicted octanol–water partition coefficient (Wildman–Crippen LogP) is 4.23. The summed E-state index contributed by atoms with van der Waals surface area (Å²) in [5.41, 5.74) is 2.34. The molecule has 0 saturated carbocycles. The smallest absolute Gasteiger partial charge is 0.340 e. The lowest BCUT2D eigenvalue weighted by Gasteiger charge is -2.19. The van der Waals surface area contributed by atoms with Crippen molar-refractivity contribution < 1.29 is 19.1 Å². The van der Waals surface area contributed by atoms with Crippen molar-refractivity contribution in [1.82, 2.24) is 0 Å². The van der Waals surface area contributed by atoms with Gasteiger partial charge in [0, 0.05) is 5.70 Å². The molecule has 1 heterocycles. The molecule has 1 aliphatic heterocycles. The van der Waals surface area contributed by atoms with Crippen LogP contribution in [0.2, 0.25) is 5.02 Å². The Morgan fingerprint density at radius 2 is 1.81 bits per heavy atom. The predicted molar refractivity (Wildman–Crippen MR) is 105 cm³/mol. The molecule has 0 N–H and O–H groups in total. The third-order valence-electron chi connectivity index (χ3n) is 4.29. The highest BCUT2D eigenvalue weighted by Gasteiger charge is 2.38. The van der Waals surface area contributed by atoms with Crippen LogP contribution in [0.3, 0.4) is 0 Å². The molecule has 0 atom stereocenters. The number of hydrogen-bond acceptors (Lipinski definition) is 4. The second-order valence-corrected chi connectivity index (χ2v) is 6.29. The van der Waals surface area contributed by atoms with Crippen LogP contribution in [0, 0.1) is 0 Å². The first-order valence-corrected chi connectivity index (χ1v) is 8.60. The van der Waals surface area contributed by atoms with Crippen molar-refractivity contribution in [2.75, 3.05) is 19.1 Å². The summed E-state index contributed by atoms with van der Waals surface area (Å²) in [5.74, 6) is -0.384. The van der Waals surface area contributed by atoms with E-state index in [9.17, 15) is 9.59 Å². The molecule has 0 aromatic heterocycles. The number of nitrogens with zero attached hydrogens (tertiary/aromatic N) is 1. The molecule has 1 amide bonds. The van der Waals surface area contributed by atoms with E-state index in [2.05, 4.69) is 0 Å². The van der Waals surface area contributed by atoms with Gasteiger partial charge in [0.25, 0.3) is 5.91 Å². The van der Waals surface area contributed by atoms with Gasteiger partial charge in [-0.1, -0.05) is 41.9 Å². The Hall–Kier alpha value is -3.05. The normalized spacial score (nSPS) is 15.5. The van der Waals surface area contributed by atoms with E-state index in [4.69, 9.17) is 21.1 Å². The summed E-state index contributed by atoms with van der Waals surface area (Å²) in [4.78, 5) is 27.0. The van der Waals surface area contributed by atoms with E-state index in [0.29, 0.717) is 22.2 Å². The quantitative estimate of drug-likeness (QED) is 0.585. The van der Waals surface area contributed by atoms with Crippen molar-refractivity contribution in [3.63, 3.8) is 0 Å². The molecule has 0 radical (unpaired) electrons. The van der Waals surface area contributed by atoms with Gasteiger partial charge in [-0.3, -0.25) is 9.69 Å². The third-order valence-corrected chi connectivity index (χ3v) is 4.59. The summed E-state index contributed by atoms with van der Waals surface area (Å²) in [6.45, 7) is 1.70. The number of ether oxygens (including phenoxy) is 2. The third kappa shape index (κ3) is 3.46. The number of carbonyl (C=O) groups is 2. The molecule has 0 saturated heterocycles. The van der Waals surface area contributed by atoms with Gasteiger partial charge in [-0.05, 0) is 36.8 Å². The van der Waals surface area contributed by atoms with Crippen LogP contribution in [0.1, 0.15) is 12.5 Å². The summed E-state index contributed by atoms with van der Waals surface area (Å²) in [7, 11) is 2.81. The molecule has 5 nitrogen and oxygen atoms in total. The highest BCUT2D eigenvalue weighted by atomic mass is 35.5. The topological polar surface area (TPSA) is 55.8 Å². The van der Waals surface area contributed by atoms with E-state index in [0.717, 1.165) is 5.56 Å². The van der Waals surface area contributed by atoms with Crippen LogP contribution in [0.15, 0.2) is 65.4 Å². The summed E-state index contributed by atoms with van der Waals surface area (Å²) < 4.78 is 10.1. The lowest BCUT2D eigenvalue weighted by Crippen LogP contribution is -2.24. The lowest BCUT2D eigenvalue weighted by molar-refractivity contribution is -0.136. The Labute approximate surface area is 162 Å². The largest absolute Gasteiger partial charge is 0.495 e. The number of hydrogen-bond donors (Lipinski definition) is 0. The fourth-order valence-electron chi connectivity index (χ4n) is 3.00. The highest BCUT2D eigenvalue weighted by Crippen LogP contribution is 2.38. The van der Waals surface area contributed by atoms with Crippen molar-refractivity contribution >= 4 is 35.2 Å². The van der Waals surface area contributed by atoms with Crippen molar-refractivity contribution in [3.8, 4) is 5.75 Å². The molecular formula is C21H18ClNO4. The molecule has 0 aliphatic carbocycles. The average Bonchev–Trinajstić information content (AvgIpc) is 2.92. The van der Waals surface area contributed by atoms with Gasteiger partial charge in [0.05, 0.1) is 36.1 Å². The van der Waals surface area contributed by atoms with E-state index in [1.807, 2.05) is 30.3 Å². The molecule has 0 unspecified atom stereocenters. The monoisotopic (exact) mass is 383 g/mol. The first-order chi connectivity index (χ1) is 13.0. The minimum atomic E-state index is -0.565. The maximum absolute atomic E-state index is 13.2. The van der Waals surface area contributed by atoms with Gasteiger partial charge < -0.3 is 9.47 Å². The van der Waals surface area contributed by atoms with E-state index in [1.54, 1.807) is 31.2 Å². The number of carbonyl (C=O) groups excluding carboxylic acids is 2. The maximum Gasteiger partial charge on any atom is 0.340 e. The zero-order chi connectivity index (χ0) is 19.6. The molecule has 2 aromatic rings. The van der Waals surface area contributed by atoms with Gasteiger partial charge in [0.15, 0.2) is 0 Å². The molecule has 0 spiro atoms. The van der Waals surface area contributed by atoms with Crippen LogP contribution in [-0.4, -0.2) is 26.1 Å². The lowest BCUT2D eigenvalue weighted by atomic mass is 10.0. The number of amides is 1. The van der Waals surface area contributed by atoms with Gasteiger partial charge in [-0.25, -0.2) is 4.79 Å². The van der Waals surface area contributed by atoms with Gasteiger partial charge in [-0.2, -0.15) is 0 Å². The fraction of sp³-hybridized carbons (Fsp3) is 0.143. The van der Waals surface area contributed by atoms with E-state index in [1.165, 1.54) is 19.1 Å². The molecular weight excluding hydrogens is 366 g/mol. The van der Waals surface area contributed by atoms with Crippen molar-refractivity contribution in [2.45, 2.75) is 6.92 Å². The van der Waals surface area contributed by atoms with Crippen LogP contribution < -0.4 is 9.64 Å². The van der Waals surface area contributed by atoms with Crippen LogP contribution >= 0.6 is 11.6 Å². The number of allylic oxidation sites excluding steroid dienone is 1. The van der Waals surface area contributed by atoms with E-state index in [-0.39, 0.29) is 17.1 Å². The SMILES string of the molecule is COC(=O)C1=C(C)N(c2ccc(OC)c(Cl)c2)C(=O)/C1=C\c1ccccc1. The zero-order valence-corrected chi connectivity index (χ0v) is 15.9. The molecule has 27 heavy (non-hydrogen) atoms. The van der Waals surface area contributed by atoms with Gasteiger partial charge >= 0.3 is 5.97 Å². The average molecular weight is 384 g/mol. The fourth-order valence-corrected chi connectivity index (χ4v) is 3.25. The molecule has 2 aromatic carbocycles. The van der Waals surface area contributed by atoms with Crippen molar-refractivity contribution in [2.24, 2.45) is 0 Å². The Kier molecular flexibility index (Phi) is 5.33. The number of esters is 1. The van der Waals surface area contributed by atoms with E-state index >= 15 is 0 Å². The molecule has 3 rings (SSSR count). The second kappa shape index (κ2) is 7.68. The molecule has 6 heteroatoms. The molecule has 0 fully saturated rings. The minimum absolute atomic E-state index is 0.235. The number of benzene rings is 2. The number of halogens is 1. The molecule has 138 valence electrons. The second-order valence-electron chi connectivity index (χ2n) is 5.88. The van der Waals surface area contributed by atoms with E-state index < -0.39 is 5.97 Å². The van der Waals surface area contributed by atoms with Crippen LogP contribution in [0.5, 0.6) is 5.75 Å². The Morgan fingerprint density at radius 1 is 1.11 bits per heavy atom. The van der Waals surface area contributed by atoms with Gasteiger partial charge in [0.2, 0.25) is 0 Å². The summed E-state index contributed by atoms with van der Waals surface area (Å²) >= 11 is 6.21. The highest BCUT2D eigenvalue weighted by molar-refractivity contribution is 6.32. The van der Waals surface area contributed by atoms with Crippen molar-refractivity contribution in [1.29, 1.82) is 0 Å². The van der Waals surface area contributed by atoms with Crippen LogP contribution in [0.4, 0.5) is 5.69 Å². The Balaban J connectivity index is 2.13. The number of rotatable bonds is 4.